The molecule has 2 aromatic rings. The maximum atomic E-state index is 12.4. The van der Waals surface area contributed by atoms with Crippen LogP contribution in [0.2, 0.25) is 0 Å². The number of nitrogens with zero attached hydrogens (tertiary/aromatic N) is 1. The molecule has 0 saturated carbocycles. The van der Waals surface area contributed by atoms with Gasteiger partial charge in [-0.1, -0.05) is 17.7 Å². The summed E-state index contributed by atoms with van der Waals surface area (Å²) in [6, 6.07) is 13.3. The van der Waals surface area contributed by atoms with Gasteiger partial charge in [0.25, 0.3) is 5.91 Å². The monoisotopic (exact) mass is 295 g/mol. The van der Waals surface area contributed by atoms with Crippen molar-refractivity contribution in [3.8, 4) is 0 Å². The van der Waals surface area contributed by atoms with E-state index in [0.29, 0.717) is 11.3 Å². The molecule has 4 heteroatoms. The molecule has 0 aliphatic carbocycles. The van der Waals surface area contributed by atoms with E-state index in [1.54, 1.807) is 0 Å². The Morgan fingerprint density at radius 2 is 1.77 bits per heavy atom. The Morgan fingerprint density at radius 3 is 2.45 bits per heavy atom. The van der Waals surface area contributed by atoms with Gasteiger partial charge in [-0.2, -0.15) is 0 Å². The maximum Gasteiger partial charge on any atom is 0.255 e. The molecule has 2 aromatic carbocycles. The first-order chi connectivity index (χ1) is 10.6. The topological polar surface area (TPSA) is 58.4 Å². The third kappa shape index (κ3) is 3.06. The van der Waals surface area contributed by atoms with E-state index in [9.17, 15) is 4.79 Å². The number of carbonyl (C=O) groups is 1. The number of amides is 1. The molecule has 114 valence electrons. The van der Waals surface area contributed by atoms with Crippen LogP contribution in [0.4, 0.5) is 17.1 Å². The number of hydrogen-bond donors (Lipinski definition) is 2. The summed E-state index contributed by atoms with van der Waals surface area (Å²) in [5, 5.41) is 3.00. The number of anilines is 3. The summed E-state index contributed by atoms with van der Waals surface area (Å²) >= 11 is 0. The van der Waals surface area contributed by atoms with E-state index in [1.807, 2.05) is 49.4 Å². The van der Waals surface area contributed by atoms with Crippen molar-refractivity contribution in [3.05, 3.63) is 53.6 Å². The van der Waals surface area contributed by atoms with Crippen LogP contribution in [0.15, 0.2) is 42.5 Å². The number of benzene rings is 2. The average Bonchev–Trinajstić information content (AvgIpc) is 3.02. The van der Waals surface area contributed by atoms with Crippen LogP contribution in [0, 0.1) is 6.92 Å². The molecule has 1 aliphatic rings. The Bertz CT molecular complexity index is 673. The molecule has 0 spiro atoms. The lowest BCUT2D eigenvalue weighted by Crippen LogP contribution is -2.21. The van der Waals surface area contributed by atoms with Crippen molar-refractivity contribution in [2.75, 3.05) is 29.0 Å². The van der Waals surface area contributed by atoms with Crippen molar-refractivity contribution in [2.24, 2.45) is 0 Å². The molecule has 0 radical (unpaired) electrons. The van der Waals surface area contributed by atoms with Gasteiger partial charge < -0.3 is 16.0 Å². The van der Waals surface area contributed by atoms with Crippen LogP contribution in [0.1, 0.15) is 28.8 Å². The van der Waals surface area contributed by atoms with E-state index < -0.39 is 0 Å². The molecule has 1 aliphatic heterocycles. The van der Waals surface area contributed by atoms with Crippen LogP contribution in [0.25, 0.3) is 0 Å². The molecule has 22 heavy (non-hydrogen) atoms. The number of nitrogens with one attached hydrogen (secondary N) is 1. The van der Waals surface area contributed by atoms with Gasteiger partial charge in [-0.05, 0) is 50.1 Å². The van der Waals surface area contributed by atoms with Gasteiger partial charge in [0.15, 0.2) is 0 Å². The highest BCUT2D eigenvalue weighted by Gasteiger charge is 2.17. The highest BCUT2D eigenvalue weighted by Crippen LogP contribution is 2.31. The fourth-order valence-corrected chi connectivity index (χ4v) is 2.79. The van der Waals surface area contributed by atoms with E-state index in [1.165, 1.54) is 12.8 Å². The van der Waals surface area contributed by atoms with Crippen molar-refractivity contribution in [1.82, 2.24) is 0 Å². The highest BCUT2D eigenvalue weighted by molar-refractivity contribution is 6.06. The van der Waals surface area contributed by atoms with Crippen molar-refractivity contribution >= 4 is 23.0 Å². The van der Waals surface area contributed by atoms with Crippen molar-refractivity contribution in [2.45, 2.75) is 19.8 Å². The SMILES string of the molecule is Cc1ccc(C(=O)Nc2cc(N)ccc2N2CCCC2)cc1. The molecule has 3 N–H and O–H groups in total. The Balaban J connectivity index is 1.85. The third-order valence-corrected chi connectivity index (χ3v) is 4.03. The molecule has 1 heterocycles. The minimum Gasteiger partial charge on any atom is -0.399 e. The van der Waals surface area contributed by atoms with E-state index >= 15 is 0 Å². The Morgan fingerprint density at radius 1 is 1.09 bits per heavy atom. The predicted molar refractivity (Wildman–Crippen MR) is 91.4 cm³/mol. The lowest BCUT2D eigenvalue weighted by molar-refractivity contribution is 0.102. The maximum absolute atomic E-state index is 12.4. The average molecular weight is 295 g/mol. The first kappa shape index (κ1) is 14.4. The van der Waals surface area contributed by atoms with Crippen molar-refractivity contribution in [3.63, 3.8) is 0 Å². The lowest BCUT2D eigenvalue weighted by Gasteiger charge is -2.22. The summed E-state index contributed by atoms with van der Waals surface area (Å²) in [6.07, 6.45) is 2.38. The summed E-state index contributed by atoms with van der Waals surface area (Å²) in [5.74, 6) is -0.106. The van der Waals surface area contributed by atoms with Gasteiger partial charge in [0, 0.05) is 24.3 Å². The molecule has 1 fully saturated rings. The molecule has 0 bridgehead atoms. The van der Waals surface area contributed by atoms with Crippen LogP contribution < -0.4 is 16.0 Å². The van der Waals surface area contributed by atoms with Gasteiger partial charge in [-0.15, -0.1) is 0 Å². The number of carbonyl (C=O) groups excluding carboxylic acids is 1. The second-order valence-corrected chi connectivity index (χ2v) is 5.79. The van der Waals surface area contributed by atoms with Gasteiger partial charge in [0.05, 0.1) is 11.4 Å². The van der Waals surface area contributed by atoms with E-state index in [2.05, 4.69) is 10.2 Å². The molecular weight excluding hydrogens is 274 g/mol. The Kier molecular flexibility index (Phi) is 4.00. The van der Waals surface area contributed by atoms with Gasteiger partial charge in [-0.25, -0.2) is 0 Å². The van der Waals surface area contributed by atoms with Gasteiger partial charge in [0.2, 0.25) is 0 Å². The van der Waals surface area contributed by atoms with Crippen LogP contribution in [0.3, 0.4) is 0 Å². The van der Waals surface area contributed by atoms with Crippen LogP contribution in [0.5, 0.6) is 0 Å². The first-order valence-corrected chi connectivity index (χ1v) is 7.66. The standard InChI is InChI=1S/C18H21N3O/c1-13-4-6-14(7-5-13)18(22)20-16-12-15(19)8-9-17(16)21-10-2-3-11-21/h4-9,12H,2-3,10-11,19H2,1H3,(H,20,22). The smallest absolute Gasteiger partial charge is 0.255 e. The van der Waals surface area contributed by atoms with Gasteiger partial charge >= 0.3 is 0 Å². The van der Waals surface area contributed by atoms with Crippen LogP contribution >= 0.6 is 0 Å². The largest absolute Gasteiger partial charge is 0.399 e. The second kappa shape index (κ2) is 6.10. The summed E-state index contributed by atoms with van der Waals surface area (Å²) in [6.45, 7) is 4.06. The number of nitrogens with two attached hydrogens (primary N) is 1. The van der Waals surface area contributed by atoms with Crippen LogP contribution in [-0.2, 0) is 0 Å². The van der Waals surface area contributed by atoms with Crippen molar-refractivity contribution in [1.29, 1.82) is 0 Å². The van der Waals surface area contributed by atoms with Gasteiger partial charge in [0.1, 0.15) is 0 Å². The minimum atomic E-state index is -0.106. The quantitative estimate of drug-likeness (QED) is 0.853. The molecular formula is C18H21N3O. The fraction of sp³-hybridized carbons (Fsp3) is 0.278. The Hall–Kier alpha value is -2.49. The normalized spacial score (nSPS) is 14.1. The minimum absolute atomic E-state index is 0.106. The van der Waals surface area contributed by atoms with E-state index in [0.717, 1.165) is 30.0 Å². The zero-order valence-corrected chi connectivity index (χ0v) is 12.8. The fourth-order valence-electron chi connectivity index (χ4n) is 2.79. The van der Waals surface area contributed by atoms with Crippen molar-refractivity contribution < 1.29 is 4.79 Å². The molecule has 1 amide bonds. The summed E-state index contributed by atoms with van der Waals surface area (Å²) in [7, 11) is 0. The van der Waals surface area contributed by atoms with E-state index in [-0.39, 0.29) is 5.91 Å². The lowest BCUT2D eigenvalue weighted by atomic mass is 10.1. The Labute approximate surface area is 130 Å². The molecule has 4 nitrogen and oxygen atoms in total. The predicted octanol–water partition coefficient (Wildman–Crippen LogP) is 3.43. The van der Waals surface area contributed by atoms with Gasteiger partial charge in [-0.3, -0.25) is 4.79 Å². The number of rotatable bonds is 3. The first-order valence-electron chi connectivity index (χ1n) is 7.66. The zero-order valence-electron chi connectivity index (χ0n) is 12.8. The third-order valence-electron chi connectivity index (χ3n) is 4.03. The summed E-state index contributed by atoms with van der Waals surface area (Å²) in [4.78, 5) is 14.7. The van der Waals surface area contributed by atoms with E-state index in [4.69, 9.17) is 5.73 Å². The highest BCUT2D eigenvalue weighted by atomic mass is 16.1. The number of nitrogen functional groups attached to an aromatic ring is 1. The molecule has 0 unspecified atom stereocenters. The zero-order chi connectivity index (χ0) is 15.5. The molecule has 0 atom stereocenters. The number of aryl methyl sites for hydroxylation is 1. The molecule has 3 rings (SSSR count). The second-order valence-electron chi connectivity index (χ2n) is 5.79. The molecule has 1 saturated heterocycles. The molecule has 0 aromatic heterocycles. The summed E-state index contributed by atoms with van der Waals surface area (Å²) < 4.78 is 0. The van der Waals surface area contributed by atoms with Crippen LogP contribution in [-0.4, -0.2) is 19.0 Å². The number of hydrogen-bond acceptors (Lipinski definition) is 3. The summed E-state index contributed by atoms with van der Waals surface area (Å²) in [5.41, 5.74) is 10.2.